The second-order valence-corrected chi connectivity index (χ2v) is 5.32. The minimum atomic E-state index is -1.58. The molecular formula is C16H12ClN4O3-. The van der Waals surface area contributed by atoms with E-state index in [-0.39, 0.29) is 13.0 Å². The molecule has 0 saturated heterocycles. The smallest absolute Gasteiger partial charge is 0.219 e. The Balaban J connectivity index is 2.52. The van der Waals surface area contributed by atoms with E-state index >= 15 is 0 Å². The van der Waals surface area contributed by atoms with Crippen molar-refractivity contribution in [1.82, 2.24) is 9.78 Å². The normalized spacial score (nSPS) is 11.1. The molecule has 0 fully saturated rings. The summed E-state index contributed by atoms with van der Waals surface area (Å²) < 4.78 is 1.46. The molecule has 2 aromatic rings. The van der Waals surface area contributed by atoms with Gasteiger partial charge >= 0.3 is 0 Å². The van der Waals surface area contributed by atoms with Crippen LogP contribution in [0.2, 0.25) is 5.02 Å². The van der Waals surface area contributed by atoms with Crippen LogP contribution in [0, 0.1) is 11.3 Å². The standard InChI is InChI=1S/C16H13ClN4O3/c17-13-3-1-2-10(7-13)15-12(6-11(8-18)16(23)24)9-21(20-15)5-4-14(19)22/h1-3,6-7,9H,4-5H2,(H2,19,22)(H,23,24)/p-1/b11-6-. The Labute approximate surface area is 142 Å². The number of carbonyl (C=O) groups excluding carboxylic acids is 2. The summed E-state index contributed by atoms with van der Waals surface area (Å²) in [6.45, 7) is 0.226. The zero-order valence-corrected chi connectivity index (χ0v) is 13.2. The molecule has 7 nitrogen and oxygen atoms in total. The number of rotatable bonds is 6. The number of carbonyl (C=O) groups is 2. The quantitative estimate of drug-likeness (QED) is 0.611. The number of primary amides is 1. The van der Waals surface area contributed by atoms with Crippen molar-refractivity contribution in [3.05, 3.63) is 46.6 Å². The lowest BCUT2D eigenvalue weighted by Crippen LogP contribution is -2.23. The van der Waals surface area contributed by atoms with Gasteiger partial charge in [-0.2, -0.15) is 10.4 Å². The van der Waals surface area contributed by atoms with Gasteiger partial charge in [-0.05, 0) is 18.2 Å². The highest BCUT2D eigenvalue weighted by Gasteiger charge is 2.12. The van der Waals surface area contributed by atoms with Crippen LogP contribution in [-0.2, 0) is 16.1 Å². The number of carboxylic acids is 1. The fourth-order valence-electron chi connectivity index (χ4n) is 2.03. The lowest BCUT2D eigenvalue weighted by atomic mass is 10.1. The largest absolute Gasteiger partial charge is 0.544 e. The molecule has 0 aliphatic carbocycles. The fourth-order valence-corrected chi connectivity index (χ4v) is 2.22. The first-order valence-corrected chi connectivity index (χ1v) is 7.23. The van der Waals surface area contributed by atoms with Gasteiger partial charge in [0.25, 0.3) is 0 Å². The van der Waals surface area contributed by atoms with E-state index in [0.717, 1.165) is 0 Å². The highest BCUT2D eigenvalue weighted by molar-refractivity contribution is 6.30. The second kappa shape index (κ2) is 7.44. The summed E-state index contributed by atoms with van der Waals surface area (Å²) in [5.74, 6) is -2.07. The maximum absolute atomic E-state index is 10.9. The molecule has 0 radical (unpaired) electrons. The first-order valence-electron chi connectivity index (χ1n) is 6.85. The second-order valence-electron chi connectivity index (χ2n) is 4.88. The Morgan fingerprint density at radius 1 is 1.46 bits per heavy atom. The SMILES string of the molecule is N#C/C(=C/c1cn(CCC(N)=O)nc1-c1cccc(Cl)c1)C(=O)[O-]. The molecule has 2 rings (SSSR count). The van der Waals surface area contributed by atoms with Crippen molar-refractivity contribution in [2.45, 2.75) is 13.0 Å². The molecule has 0 spiro atoms. The first-order chi connectivity index (χ1) is 11.4. The molecule has 0 aliphatic heterocycles. The maximum atomic E-state index is 10.9. The highest BCUT2D eigenvalue weighted by atomic mass is 35.5. The van der Waals surface area contributed by atoms with Gasteiger partial charge < -0.3 is 15.6 Å². The van der Waals surface area contributed by atoms with Gasteiger partial charge in [0.15, 0.2) is 0 Å². The lowest BCUT2D eigenvalue weighted by Gasteiger charge is -2.01. The number of benzene rings is 1. The summed E-state index contributed by atoms with van der Waals surface area (Å²) >= 11 is 5.97. The molecule has 122 valence electrons. The Hall–Kier alpha value is -3.11. The van der Waals surface area contributed by atoms with E-state index in [1.807, 2.05) is 0 Å². The van der Waals surface area contributed by atoms with Crippen LogP contribution in [0.3, 0.4) is 0 Å². The summed E-state index contributed by atoms with van der Waals surface area (Å²) in [5, 5.41) is 24.6. The zero-order valence-electron chi connectivity index (χ0n) is 12.4. The van der Waals surface area contributed by atoms with Crippen LogP contribution in [0.15, 0.2) is 36.0 Å². The summed E-state index contributed by atoms with van der Waals surface area (Å²) in [6.07, 6.45) is 2.77. The number of nitriles is 1. The third-order valence-corrected chi connectivity index (χ3v) is 3.35. The van der Waals surface area contributed by atoms with Crippen molar-refractivity contribution in [3.63, 3.8) is 0 Å². The van der Waals surface area contributed by atoms with Crippen molar-refractivity contribution in [3.8, 4) is 17.3 Å². The molecule has 8 heteroatoms. The number of nitrogens with two attached hydrogens (primary N) is 1. The van der Waals surface area contributed by atoms with Crippen molar-refractivity contribution in [2.75, 3.05) is 0 Å². The first kappa shape index (κ1) is 17.2. The van der Waals surface area contributed by atoms with Gasteiger partial charge in [0.1, 0.15) is 6.07 Å². The van der Waals surface area contributed by atoms with E-state index < -0.39 is 17.4 Å². The van der Waals surface area contributed by atoms with Crippen molar-refractivity contribution in [1.29, 1.82) is 5.26 Å². The number of halogens is 1. The number of hydrogen-bond acceptors (Lipinski definition) is 5. The Kier molecular flexibility index (Phi) is 5.35. The molecule has 0 unspecified atom stereocenters. The molecule has 1 heterocycles. The van der Waals surface area contributed by atoms with E-state index in [1.165, 1.54) is 17.0 Å². The summed E-state index contributed by atoms with van der Waals surface area (Å²) in [7, 11) is 0. The van der Waals surface area contributed by atoms with Crippen molar-refractivity contribution in [2.24, 2.45) is 5.73 Å². The van der Waals surface area contributed by atoms with Crippen LogP contribution < -0.4 is 10.8 Å². The molecule has 2 N–H and O–H groups in total. The number of hydrogen-bond donors (Lipinski definition) is 1. The van der Waals surface area contributed by atoms with Crippen molar-refractivity contribution < 1.29 is 14.7 Å². The Morgan fingerprint density at radius 3 is 2.79 bits per heavy atom. The maximum Gasteiger partial charge on any atom is 0.219 e. The number of amides is 1. The fraction of sp³-hybridized carbons (Fsp3) is 0.125. The van der Waals surface area contributed by atoms with Gasteiger partial charge in [-0.15, -0.1) is 0 Å². The van der Waals surface area contributed by atoms with E-state index in [9.17, 15) is 14.7 Å². The highest BCUT2D eigenvalue weighted by Crippen LogP contribution is 2.26. The van der Waals surface area contributed by atoms with Crippen LogP contribution in [0.4, 0.5) is 0 Å². The van der Waals surface area contributed by atoms with Crippen LogP contribution in [0.5, 0.6) is 0 Å². The minimum absolute atomic E-state index is 0.0748. The van der Waals surface area contributed by atoms with Gasteiger partial charge in [-0.3, -0.25) is 9.48 Å². The minimum Gasteiger partial charge on any atom is -0.544 e. The predicted molar refractivity (Wildman–Crippen MR) is 85.1 cm³/mol. The lowest BCUT2D eigenvalue weighted by molar-refractivity contribution is -0.298. The van der Waals surface area contributed by atoms with Gasteiger partial charge in [-0.25, -0.2) is 0 Å². The molecule has 1 aromatic heterocycles. The number of aromatic nitrogens is 2. The third kappa shape index (κ3) is 4.21. The average Bonchev–Trinajstić information content (AvgIpc) is 2.93. The number of aliphatic carboxylic acids is 1. The number of nitrogens with zero attached hydrogens (tertiary/aromatic N) is 3. The average molecular weight is 344 g/mol. The van der Waals surface area contributed by atoms with E-state index in [1.54, 1.807) is 30.3 Å². The molecular weight excluding hydrogens is 332 g/mol. The predicted octanol–water partition coefficient (Wildman–Crippen LogP) is 0.736. The summed E-state index contributed by atoms with van der Waals surface area (Å²) in [6, 6.07) is 8.37. The van der Waals surface area contributed by atoms with Crippen LogP contribution in [0.1, 0.15) is 12.0 Å². The van der Waals surface area contributed by atoms with Gasteiger partial charge in [0, 0.05) is 35.3 Å². The number of aryl methyl sites for hydroxylation is 1. The van der Waals surface area contributed by atoms with E-state index in [0.29, 0.717) is 21.8 Å². The van der Waals surface area contributed by atoms with Gasteiger partial charge in [-0.1, -0.05) is 23.7 Å². The number of carboxylic acid groups (broad SMARTS) is 1. The molecule has 24 heavy (non-hydrogen) atoms. The Morgan fingerprint density at radius 2 is 2.21 bits per heavy atom. The van der Waals surface area contributed by atoms with E-state index in [4.69, 9.17) is 22.6 Å². The molecule has 0 atom stereocenters. The monoisotopic (exact) mass is 343 g/mol. The zero-order chi connectivity index (χ0) is 17.7. The van der Waals surface area contributed by atoms with Crippen LogP contribution in [-0.4, -0.2) is 21.7 Å². The molecule has 0 aliphatic rings. The summed E-state index contributed by atoms with van der Waals surface area (Å²) in [4.78, 5) is 21.9. The molecule has 0 saturated carbocycles. The third-order valence-electron chi connectivity index (χ3n) is 3.12. The van der Waals surface area contributed by atoms with Crippen LogP contribution in [0.25, 0.3) is 17.3 Å². The summed E-state index contributed by atoms with van der Waals surface area (Å²) in [5.41, 5.74) is 6.04. The van der Waals surface area contributed by atoms with Crippen molar-refractivity contribution >= 4 is 29.6 Å². The molecule has 0 bridgehead atoms. The molecule has 1 aromatic carbocycles. The molecule has 1 amide bonds. The van der Waals surface area contributed by atoms with Crippen LogP contribution >= 0.6 is 11.6 Å². The Bertz CT molecular complexity index is 864. The topological polar surface area (TPSA) is 125 Å². The van der Waals surface area contributed by atoms with E-state index in [2.05, 4.69) is 5.10 Å². The van der Waals surface area contributed by atoms with Gasteiger partial charge in [0.2, 0.25) is 5.91 Å². The van der Waals surface area contributed by atoms with Gasteiger partial charge in [0.05, 0.1) is 17.2 Å².